The molecule has 1 aromatic carbocycles. The first kappa shape index (κ1) is 15.3. The summed E-state index contributed by atoms with van der Waals surface area (Å²) in [4.78, 5) is 13.4. The number of hydrogen-bond acceptors (Lipinski definition) is 6. The molecule has 2 aromatic rings. The topological polar surface area (TPSA) is 82.1 Å². The maximum absolute atomic E-state index is 8.93. The summed E-state index contributed by atoms with van der Waals surface area (Å²) in [7, 11) is 2.13. The summed E-state index contributed by atoms with van der Waals surface area (Å²) in [6.07, 6.45) is 0. The predicted molar refractivity (Wildman–Crippen MR) is 91.0 cm³/mol. The summed E-state index contributed by atoms with van der Waals surface area (Å²) in [6.45, 7) is 5.91. The number of anilines is 2. The largest absolute Gasteiger partial charge is 0.368 e. The number of nitrogens with zero attached hydrogens (tertiary/aromatic N) is 5. The van der Waals surface area contributed by atoms with E-state index in [2.05, 4.69) is 32.9 Å². The van der Waals surface area contributed by atoms with E-state index in [1.807, 2.05) is 19.1 Å². The molecule has 118 valence electrons. The van der Waals surface area contributed by atoms with Gasteiger partial charge in [0.1, 0.15) is 5.82 Å². The number of piperazine rings is 1. The maximum atomic E-state index is 8.93. The number of nitriles is 1. The third kappa shape index (κ3) is 3.10. The summed E-state index contributed by atoms with van der Waals surface area (Å²) in [5, 5.41) is 8.93. The zero-order chi connectivity index (χ0) is 16.4. The van der Waals surface area contributed by atoms with Crippen LogP contribution in [0.5, 0.6) is 0 Å². The molecule has 0 spiro atoms. The zero-order valence-electron chi connectivity index (χ0n) is 13.5. The maximum Gasteiger partial charge on any atom is 0.222 e. The van der Waals surface area contributed by atoms with E-state index in [4.69, 9.17) is 11.0 Å². The molecule has 1 aliphatic rings. The second-order valence-electron chi connectivity index (χ2n) is 5.86. The average Bonchev–Trinajstić information content (AvgIpc) is 2.57. The lowest BCUT2D eigenvalue weighted by molar-refractivity contribution is 0.312. The Kier molecular flexibility index (Phi) is 4.13. The van der Waals surface area contributed by atoms with E-state index >= 15 is 0 Å². The Morgan fingerprint density at radius 1 is 1.09 bits per heavy atom. The average molecular weight is 308 g/mol. The van der Waals surface area contributed by atoms with Crippen molar-refractivity contribution in [1.29, 1.82) is 5.26 Å². The number of nitrogen functional groups attached to an aromatic ring is 1. The molecule has 0 bridgehead atoms. The van der Waals surface area contributed by atoms with Gasteiger partial charge in [0.15, 0.2) is 0 Å². The molecular weight excluding hydrogens is 288 g/mol. The van der Waals surface area contributed by atoms with Crippen molar-refractivity contribution in [3.05, 3.63) is 35.4 Å². The molecule has 0 atom stereocenters. The van der Waals surface area contributed by atoms with Gasteiger partial charge >= 0.3 is 0 Å². The minimum atomic E-state index is 0.281. The normalized spacial score (nSPS) is 15.4. The van der Waals surface area contributed by atoms with Gasteiger partial charge in [0.2, 0.25) is 5.95 Å². The number of hydrogen-bond donors (Lipinski definition) is 1. The van der Waals surface area contributed by atoms with Gasteiger partial charge in [-0.25, -0.2) is 4.98 Å². The van der Waals surface area contributed by atoms with E-state index in [9.17, 15) is 0 Å². The molecule has 1 saturated heterocycles. The summed E-state index contributed by atoms with van der Waals surface area (Å²) in [5.74, 6) is 1.19. The molecule has 23 heavy (non-hydrogen) atoms. The third-order valence-corrected chi connectivity index (χ3v) is 4.23. The second-order valence-corrected chi connectivity index (χ2v) is 5.86. The molecule has 0 saturated carbocycles. The molecule has 0 amide bonds. The van der Waals surface area contributed by atoms with Crippen LogP contribution in [0.15, 0.2) is 24.3 Å². The molecule has 1 aromatic heterocycles. The van der Waals surface area contributed by atoms with E-state index in [0.717, 1.165) is 48.8 Å². The van der Waals surface area contributed by atoms with Gasteiger partial charge in [0.05, 0.1) is 17.3 Å². The molecule has 0 aliphatic carbocycles. The number of nitrogens with two attached hydrogens (primary N) is 1. The second kappa shape index (κ2) is 6.23. The fraction of sp³-hybridized carbons (Fsp3) is 0.353. The van der Waals surface area contributed by atoms with Crippen molar-refractivity contribution in [2.24, 2.45) is 0 Å². The van der Waals surface area contributed by atoms with Crippen LogP contribution in [-0.2, 0) is 0 Å². The van der Waals surface area contributed by atoms with Crippen molar-refractivity contribution in [3.8, 4) is 17.3 Å². The van der Waals surface area contributed by atoms with Crippen molar-refractivity contribution in [2.75, 3.05) is 43.9 Å². The van der Waals surface area contributed by atoms with Crippen LogP contribution in [0.4, 0.5) is 11.8 Å². The lowest BCUT2D eigenvalue weighted by Gasteiger charge is -2.34. The Labute approximate surface area is 136 Å². The summed E-state index contributed by atoms with van der Waals surface area (Å²) >= 11 is 0. The highest BCUT2D eigenvalue weighted by Gasteiger charge is 2.20. The van der Waals surface area contributed by atoms with E-state index < -0.39 is 0 Å². The van der Waals surface area contributed by atoms with Gasteiger partial charge in [-0.1, -0.05) is 12.1 Å². The molecular formula is C17H20N6. The van der Waals surface area contributed by atoms with Gasteiger partial charge in [0, 0.05) is 37.3 Å². The lowest BCUT2D eigenvalue weighted by Crippen LogP contribution is -2.45. The van der Waals surface area contributed by atoms with Gasteiger partial charge in [-0.15, -0.1) is 0 Å². The first-order valence-corrected chi connectivity index (χ1v) is 7.66. The molecule has 2 N–H and O–H groups in total. The van der Waals surface area contributed by atoms with Crippen molar-refractivity contribution in [2.45, 2.75) is 6.92 Å². The Morgan fingerprint density at radius 3 is 2.35 bits per heavy atom. The first-order chi connectivity index (χ1) is 11.1. The van der Waals surface area contributed by atoms with Crippen LogP contribution >= 0.6 is 0 Å². The molecule has 6 nitrogen and oxygen atoms in total. The van der Waals surface area contributed by atoms with Gasteiger partial charge in [-0.2, -0.15) is 10.2 Å². The van der Waals surface area contributed by atoms with Crippen LogP contribution in [0.2, 0.25) is 0 Å². The van der Waals surface area contributed by atoms with Crippen molar-refractivity contribution < 1.29 is 0 Å². The highest BCUT2D eigenvalue weighted by atomic mass is 15.3. The smallest absolute Gasteiger partial charge is 0.222 e. The number of benzene rings is 1. The molecule has 6 heteroatoms. The lowest BCUT2D eigenvalue weighted by atomic mass is 10.1. The quantitative estimate of drug-likeness (QED) is 0.908. The van der Waals surface area contributed by atoms with Gasteiger partial charge in [-0.05, 0) is 26.1 Å². The van der Waals surface area contributed by atoms with Gasteiger partial charge in [0.25, 0.3) is 0 Å². The van der Waals surface area contributed by atoms with Crippen LogP contribution in [0.1, 0.15) is 11.1 Å². The Morgan fingerprint density at radius 2 is 1.74 bits per heavy atom. The van der Waals surface area contributed by atoms with E-state index in [1.54, 1.807) is 12.1 Å². The predicted octanol–water partition coefficient (Wildman–Crippen LogP) is 1.66. The van der Waals surface area contributed by atoms with E-state index in [1.165, 1.54) is 0 Å². The molecule has 0 radical (unpaired) electrons. The number of aromatic nitrogens is 2. The fourth-order valence-electron chi connectivity index (χ4n) is 2.83. The highest BCUT2D eigenvalue weighted by molar-refractivity contribution is 5.70. The summed E-state index contributed by atoms with van der Waals surface area (Å²) in [6, 6.07) is 9.52. The summed E-state index contributed by atoms with van der Waals surface area (Å²) in [5.41, 5.74) is 9.38. The zero-order valence-corrected chi connectivity index (χ0v) is 13.5. The fourth-order valence-corrected chi connectivity index (χ4v) is 2.83. The minimum absolute atomic E-state index is 0.281. The molecule has 1 aliphatic heterocycles. The van der Waals surface area contributed by atoms with E-state index in [-0.39, 0.29) is 5.95 Å². The monoisotopic (exact) mass is 308 g/mol. The Balaban J connectivity index is 1.99. The molecule has 3 rings (SSSR count). The van der Waals surface area contributed by atoms with Crippen LogP contribution in [0, 0.1) is 18.3 Å². The minimum Gasteiger partial charge on any atom is -0.368 e. The molecule has 0 unspecified atom stereocenters. The van der Waals surface area contributed by atoms with Crippen molar-refractivity contribution in [1.82, 2.24) is 14.9 Å². The number of rotatable bonds is 2. The van der Waals surface area contributed by atoms with Crippen LogP contribution in [0.25, 0.3) is 11.3 Å². The van der Waals surface area contributed by atoms with Crippen LogP contribution in [0.3, 0.4) is 0 Å². The van der Waals surface area contributed by atoms with Crippen molar-refractivity contribution >= 4 is 11.8 Å². The molecule has 2 heterocycles. The van der Waals surface area contributed by atoms with E-state index in [0.29, 0.717) is 5.56 Å². The summed E-state index contributed by atoms with van der Waals surface area (Å²) < 4.78 is 0. The van der Waals surface area contributed by atoms with Crippen LogP contribution < -0.4 is 10.6 Å². The van der Waals surface area contributed by atoms with Crippen LogP contribution in [-0.4, -0.2) is 48.1 Å². The van der Waals surface area contributed by atoms with Gasteiger partial charge in [-0.3, -0.25) is 0 Å². The van der Waals surface area contributed by atoms with Crippen molar-refractivity contribution in [3.63, 3.8) is 0 Å². The SMILES string of the molecule is Cc1c(-c2ccc(C#N)cc2)nc(N)nc1N1CCN(C)CC1. The third-order valence-electron chi connectivity index (χ3n) is 4.23. The molecule has 1 fully saturated rings. The van der Waals surface area contributed by atoms with Gasteiger partial charge < -0.3 is 15.5 Å². The first-order valence-electron chi connectivity index (χ1n) is 7.66. The highest BCUT2D eigenvalue weighted by Crippen LogP contribution is 2.29. The number of likely N-dealkylation sites (N-methyl/N-ethyl adjacent to an activating group) is 1. The standard InChI is InChI=1S/C17H20N6/c1-12-15(14-5-3-13(11-18)4-6-14)20-17(19)21-16(12)23-9-7-22(2)8-10-23/h3-6H,7-10H2,1-2H3,(H2,19,20,21). The Hall–Kier alpha value is -2.65. The Bertz CT molecular complexity index is 739.